The minimum Gasteiger partial charge on any atom is -0.477 e. The van der Waals surface area contributed by atoms with Crippen LogP contribution in [0.25, 0.3) is 16.9 Å². The first kappa shape index (κ1) is 18.1. The highest BCUT2D eigenvalue weighted by Crippen LogP contribution is 2.37. The van der Waals surface area contributed by atoms with Crippen molar-refractivity contribution in [2.75, 3.05) is 0 Å². The summed E-state index contributed by atoms with van der Waals surface area (Å²) >= 11 is 5.64. The van der Waals surface area contributed by atoms with Crippen molar-refractivity contribution in [3.63, 3.8) is 0 Å². The van der Waals surface area contributed by atoms with Gasteiger partial charge in [-0.1, -0.05) is 17.7 Å². The molecule has 0 spiro atoms. The summed E-state index contributed by atoms with van der Waals surface area (Å²) in [5.41, 5.74) is -3.01. The molecular weight excluding hydrogens is 385 g/mol. The number of aromatic carboxylic acids is 1. The second-order valence-electron chi connectivity index (χ2n) is 5.13. The number of hydrogen-bond acceptors (Lipinski definition) is 3. The molecule has 136 valence electrons. The van der Waals surface area contributed by atoms with Gasteiger partial charge < -0.3 is 5.11 Å². The number of benzene rings is 1. The van der Waals surface area contributed by atoms with Crippen molar-refractivity contribution in [2.24, 2.45) is 0 Å². The van der Waals surface area contributed by atoms with E-state index in [1.165, 1.54) is 0 Å². The maximum Gasteiger partial charge on any atom is 0.417 e. The number of rotatable bonds is 3. The van der Waals surface area contributed by atoms with E-state index in [1.807, 2.05) is 0 Å². The van der Waals surface area contributed by atoms with Gasteiger partial charge in [0.25, 0.3) is 6.43 Å². The number of hydrogen-bond donors (Lipinski definition) is 1. The fraction of sp³-hybridized carbons (Fsp3) is 0.133. The molecule has 5 nitrogen and oxygen atoms in total. The Morgan fingerprint density at radius 3 is 2.46 bits per heavy atom. The minimum absolute atomic E-state index is 0.0777. The summed E-state index contributed by atoms with van der Waals surface area (Å²) in [6, 6.07) is 3.46. The van der Waals surface area contributed by atoms with Crippen molar-refractivity contribution < 1.29 is 31.9 Å². The molecule has 0 aliphatic heterocycles. The van der Waals surface area contributed by atoms with Gasteiger partial charge >= 0.3 is 12.1 Å². The van der Waals surface area contributed by atoms with Gasteiger partial charge in [-0.25, -0.2) is 23.1 Å². The number of fused-ring (bicyclic) bond motifs is 1. The molecule has 1 aromatic carbocycles. The number of halogens is 6. The van der Waals surface area contributed by atoms with Crippen LogP contribution in [0.3, 0.4) is 0 Å². The summed E-state index contributed by atoms with van der Waals surface area (Å²) in [6.07, 6.45) is -6.67. The van der Waals surface area contributed by atoms with Crippen LogP contribution in [0, 0.1) is 0 Å². The van der Waals surface area contributed by atoms with E-state index in [-0.39, 0.29) is 16.9 Å². The number of aromatic nitrogens is 3. The van der Waals surface area contributed by atoms with E-state index in [0.717, 1.165) is 24.4 Å². The second-order valence-corrected chi connectivity index (χ2v) is 5.53. The van der Waals surface area contributed by atoms with Crippen molar-refractivity contribution in [1.82, 2.24) is 14.6 Å². The summed E-state index contributed by atoms with van der Waals surface area (Å²) in [5, 5.41) is 12.5. The third-order valence-corrected chi connectivity index (χ3v) is 3.85. The Balaban J connectivity index is 2.28. The van der Waals surface area contributed by atoms with Gasteiger partial charge in [0.15, 0.2) is 5.65 Å². The lowest BCUT2D eigenvalue weighted by molar-refractivity contribution is -0.137. The van der Waals surface area contributed by atoms with Gasteiger partial charge in [0.05, 0.1) is 10.6 Å². The molecule has 0 fully saturated rings. The maximum atomic E-state index is 13.1. The number of carboxylic acid groups (broad SMARTS) is 1. The first-order valence-corrected chi connectivity index (χ1v) is 7.25. The predicted octanol–water partition coefficient (Wildman–Crippen LogP) is 4.70. The predicted molar refractivity (Wildman–Crippen MR) is 80.4 cm³/mol. The summed E-state index contributed by atoms with van der Waals surface area (Å²) < 4.78 is 65.3. The lowest BCUT2D eigenvalue weighted by atomic mass is 10.1. The van der Waals surface area contributed by atoms with E-state index >= 15 is 0 Å². The van der Waals surface area contributed by atoms with E-state index in [9.17, 15) is 31.9 Å². The van der Waals surface area contributed by atoms with Gasteiger partial charge in [-0.2, -0.15) is 18.3 Å². The smallest absolute Gasteiger partial charge is 0.417 e. The summed E-state index contributed by atoms with van der Waals surface area (Å²) in [7, 11) is 0. The normalized spacial score (nSPS) is 12.1. The lowest BCUT2D eigenvalue weighted by Crippen LogP contribution is -2.06. The fourth-order valence-electron chi connectivity index (χ4n) is 2.42. The summed E-state index contributed by atoms with van der Waals surface area (Å²) in [6.45, 7) is 0. The molecule has 26 heavy (non-hydrogen) atoms. The molecule has 0 unspecified atom stereocenters. The van der Waals surface area contributed by atoms with Crippen LogP contribution in [0.1, 0.15) is 28.0 Å². The van der Waals surface area contributed by atoms with Crippen LogP contribution in [-0.4, -0.2) is 25.7 Å². The van der Waals surface area contributed by atoms with Crippen molar-refractivity contribution >= 4 is 23.2 Å². The van der Waals surface area contributed by atoms with Crippen LogP contribution in [-0.2, 0) is 6.18 Å². The average Bonchev–Trinajstić information content (AvgIpc) is 2.92. The van der Waals surface area contributed by atoms with Crippen molar-refractivity contribution in [2.45, 2.75) is 12.6 Å². The summed E-state index contributed by atoms with van der Waals surface area (Å²) in [4.78, 5) is 15.3. The molecule has 2 aromatic heterocycles. The molecule has 3 rings (SSSR count). The highest BCUT2D eigenvalue weighted by Gasteiger charge is 2.34. The zero-order valence-corrected chi connectivity index (χ0v) is 13.2. The third-order valence-electron chi connectivity index (χ3n) is 3.53. The molecule has 11 heteroatoms. The Bertz CT molecular complexity index is 1020. The average molecular weight is 392 g/mol. The van der Waals surface area contributed by atoms with E-state index < -0.39 is 40.4 Å². The van der Waals surface area contributed by atoms with Crippen LogP contribution in [0.2, 0.25) is 5.02 Å². The van der Waals surface area contributed by atoms with Gasteiger partial charge in [0, 0.05) is 11.8 Å². The molecule has 3 aromatic rings. The SMILES string of the molecule is O=C(O)c1c(-c2ccc(C(F)(F)F)c(Cl)c2)nn2c(C(F)F)ccnc12. The molecule has 0 saturated carbocycles. The zero-order chi connectivity index (χ0) is 19.2. The Morgan fingerprint density at radius 2 is 1.92 bits per heavy atom. The first-order valence-electron chi connectivity index (χ1n) is 6.87. The molecule has 2 heterocycles. The Labute approximate surface area is 146 Å². The standard InChI is InChI=1S/C15H7ClF5N3O2/c16-8-5-6(1-2-7(8)15(19,20)21)11-10(14(25)26)13-22-4-3-9(12(17)18)24(13)23-11/h1-5,12H,(H,25,26). The number of alkyl halides is 5. The van der Waals surface area contributed by atoms with Gasteiger partial charge in [0.2, 0.25) is 0 Å². The molecule has 0 saturated heterocycles. The molecule has 0 bridgehead atoms. The Morgan fingerprint density at radius 1 is 1.23 bits per heavy atom. The van der Waals surface area contributed by atoms with Gasteiger partial charge in [-0.05, 0) is 18.2 Å². The first-order chi connectivity index (χ1) is 12.1. The Kier molecular flexibility index (Phi) is 4.31. The monoisotopic (exact) mass is 391 g/mol. The lowest BCUT2D eigenvalue weighted by Gasteiger charge is -2.09. The van der Waals surface area contributed by atoms with Crippen LogP contribution in [0.4, 0.5) is 22.0 Å². The second kappa shape index (κ2) is 6.20. The topological polar surface area (TPSA) is 67.5 Å². The molecule has 0 aliphatic carbocycles. The van der Waals surface area contributed by atoms with Crippen LogP contribution < -0.4 is 0 Å². The van der Waals surface area contributed by atoms with Crippen LogP contribution >= 0.6 is 11.6 Å². The number of nitrogens with zero attached hydrogens (tertiary/aromatic N) is 3. The van der Waals surface area contributed by atoms with Gasteiger partial charge in [0.1, 0.15) is 17.0 Å². The Hall–Kier alpha value is -2.75. The third kappa shape index (κ3) is 2.96. The highest BCUT2D eigenvalue weighted by atomic mass is 35.5. The number of carbonyl (C=O) groups is 1. The molecule has 0 amide bonds. The van der Waals surface area contributed by atoms with E-state index in [1.54, 1.807) is 0 Å². The van der Waals surface area contributed by atoms with E-state index in [2.05, 4.69) is 10.1 Å². The van der Waals surface area contributed by atoms with Gasteiger partial charge in [-0.3, -0.25) is 0 Å². The van der Waals surface area contributed by atoms with Crippen LogP contribution in [0.5, 0.6) is 0 Å². The maximum absolute atomic E-state index is 13.1. The summed E-state index contributed by atoms with van der Waals surface area (Å²) in [5.74, 6) is -1.52. The van der Waals surface area contributed by atoms with Crippen molar-refractivity contribution in [1.29, 1.82) is 0 Å². The highest BCUT2D eigenvalue weighted by molar-refractivity contribution is 6.31. The molecule has 1 N–H and O–H groups in total. The molecule has 0 aliphatic rings. The van der Waals surface area contributed by atoms with Crippen molar-refractivity contribution in [3.8, 4) is 11.3 Å². The fourth-order valence-corrected chi connectivity index (χ4v) is 2.71. The zero-order valence-electron chi connectivity index (χ0n) is 12.4. The number of carboxylic acids is 1. The quantitative estimate of drug-likeness (QED) is 0.657. The molecule has 0 atom stereocenters. The van der Waals surface area contributed by atoms with Crippen molar-refractivity contribution in [3.05, 3.63) is 52.3 Å². The van der Waals surface area contributed by atoms with E-state index in [0.29, 0.717) is 10.6 Å². The van der Waals surface area contributed by atoms with E-state index in [4.69, 9.17) is 11.6 Å². The largest absolute Gasteiger partial charge is 0.477 e. The van der Waals surface area contributed by atoms with Gasteiger partial charge in [-0.15, -0.1) is 0 Å². The molecule has 0 radical (unpaired) electrons. The minimum atomic E-state index is -4.70. The van der Waals surface area contributed by atoms with Crippen LogP contribution in [0.15, 0.2) is 30.5 Å². The molecular formula is C15H7ClF5N3O2.